The van der Waals surface area contributed by atoms with Crippen LogP contribution in [0, 0.1) is 11.3 Å². The van der Waals surface area contributed by atoms with Gasteiger partial charge >= 0.3 is 0 Å². The minimum atomic E-state index is 0.0197. The van der Waals surface area contributed by atoms with Crippen LogP contribution in [0.25, 0.3) is 22.5 Å². The van der Waals surface area contributed by atoms with Crippen LogP contribution in [0.2, 0.25) is 0 Å². The van der Waals surface area contributed by atoms with Gasteiger partial charge in [0, 0.05) is 44.1 Å². The summed E-state index contributed by atoms with van der Waals surface area (Å²) in [7, 11) is 0. The van der Waals surface area contributed by atoms with E-state index in [1.54, 1.807) is 29.2 Å². The monoisotopic (exact) mass is 449 g/mol. The van der Waals surface area contributed by atoms with Crippen molar-refractivity contribution in [3.05, 3.63) is 84.7 Å². The van der Waals surface area contributed by atoms with Crippen LogP contribution in [0.3, 0.4) is 0 Å². The Morgan fingerprint density at radius 1 is 0.882 bits per heavy atom. The lowest BCUT2D eigenvalue weighted by Crippen LogP contribution is -2.50. The third-order valence-corrected chi connectivity index (χ3v) is 5.89. The van der Waals surface area contributed by atoms with Crippen LogP contribution < -0.4 is 4.90 Å². The number of carbonyl (C=O) groups excluding carboxylic acids is 1. The van der Waals surface area contributed by atoms with Crippen molar-refractivity contribution in [2.75, 3.05) is 31.1 Å². The van der Waals surface area contributed by atoms with Gasteiger partial charge in [-0.25, -0.2) is 9.97 Å². The van der Waals surface area contributed by atoms with Crippen molar-refractivity contribution >= 4 is 11.9 Å². The molecule has 168 valence electrons. The molecule has 1 fully saturated rings. The minimum absolute atomic E-state index is 0.0197. The number of nitriles is 1. The molecule has 0 aliphatic carbocycles. The van der Waals surface area contributed by atoms with Crippen LogP contribution in [0.4, 0.5) is 5.95 Å². The average Bonchev–Trinajstić information content (AvgIpc) is 3.33. The highest BCUT2D eigenvalue weighted by Gasteiger charge is 2.24. The van der Waals surface area contributed by atoms with Crippen LogP contribution in [-0.4, -0.2) is 56.7 Å². The van der Waals surface area contributed by atoms with Crippen LogP contribution in [0.1, 0.15) is 5.56 Å². The number of piperazine rings is 1. The predicted molar refractivity (Wildman–Crippen MR) is 129 cm³/mol. The molecule has 0 radical (unpaired) electrons. The predicted octanol–water partition coefficient (Wildman–Crippen LogP) is 3.23. The zero-order valence-corrected chi connectivity index (χ0v) is 18.6. The first-order valence-corrected chi connectivity index (χ1v) is 11.1. The molecule has 1 amide bonds. The Bertz CT molecular complexity index is 1320. The number of aromatic nitrogens is 4. The molecule has 0 unspecified atom stereocenters. The zero-order chi connectivity index (χ0) is 23.3. The van der Waals surface area contributed by atoms with Gasteiger partial charge in [-0.2, -0.15) is 10.4 Å². The number of hydrogen-bond acceptors (Lipinski definition) is 6. The maximum atomic E-state index is 13.2. The van der Waals surface area contributed by atoms with Gasteiger partial charge in [0.25, 0.3) is 0 Å². The summed E-state index contributed by atoms with van der Waals surface area (Å²) < 4.78 is 1.76. The lowest BCUT2D eigenvalue weighted by atomic mass is 10.1. The number of benzene rings is 2. The van der Waals surface area contributed by atoms with Crippen molar-refractivity contribution < 1.29 is 4.79 Å². The number of nitrogens with zero attached hydrogens (tertiary/aromatic N) is 7. The van der Waals surface area contributed by atoms with E-state index in [2.05, 4.69) is 20.9 Å². The summed E-state index contributed by atoms with van der Waals surface area (Å²) in [5.74, 6) is 0.712. The highest BCUT2D eigenvalue weighted by atomic mass is 16.2. The molecule has 34 heavy (non-hydrogen) atoms. The van der Waals surface area contributed by atoms with Crippen molar-refractivity contribution in [2.24, 2.45) is 0 Å². The third kappa shape index (κ3) is 4.50. The minimum Gasteiger partial charge on any atom is -0.338 e. The van der Waals surface area contributed by atoms with Crippen molar-refractivity contribution in [1.82, 2.24) is 24.6 Å². The van der Waals surface area contributed by atoms with Gasteiger partial charge in [-0.1, -0.05) is 42.5 Å². The maximum Gasteiger partial charge on any atom is 0.244 e. The lowest BCUT2D eigenvalue weighted by Gasteiger charge is -2.34. The summed E-state index contributed by atoms with van der Waals surface area (Å²) in [6.07, 6.45) is 3.46. The summed E-state index contributed by atoms with van der Waals surface area (Å²) >= 11 is 0. The second-order valence-corrected chi connectivity index (χ2v) is 8.05. The van der Waals surface area contributed by atoms with Crippen LogP contribution >= 0.6 is 0 Å². The van der Waals surface area contributed by atoms with Gasteiger partial charge in [0.05, 0.1) is 23.0 Å². The van der Waals surface area contributed by atoms with Gasteiger partial charge in [0.15, 0.2) is 0 Å². The van der Waals surface area contributed by atoms with Gasteiger partial charge in [-0.3, -0.25) is 9.48 Å². The number of amides is 1. The molecule has 0 bridgehead atoms. The topological polar surface area (TPSA) is 90.9 Å². The largest absolute Gasteiger partial charge is 0.338 e. The fraction of sp³-hybridized carbons (Fsp3) is 0.192. The Balaban J connectivity index is 1.37. The van der Waals surface area contributed by atoms with E-state index in [-0.39, 0.29) is 12.5 Å². The Kier molecular flexibility index (Phi) is 5.99. The Hall–Kier alpha value is -4.51. The number of anilines is 1. The van der Waals surface area contributed by atoms with Crippen LogP contribution in [-0.2, 0) is 11.3 Å². The van der Waals surface area contributed by atoms with E-state index in [0.29, 0.717) is 37.7 Å². The van der Waals surface area contributed by atoms with Crippen molar-refractivity contribution in [2.45, 2.75) is 6.54 Å². The highest BCUT2D eigenvalue weighted by molar-refractivity contribution is 5.78. The molecule has 8 nitrogen and oxygen atoms in total. The average molecular weight is 450 g/mol. The Labute approximate surface area is 197 Å². The van der Waals surface area contributed by atoms with E-state index >= 15 is 0 Å². The van der Waals surface area contributed by atoms with Crippen LogP contribution in [0.5, 0.6) is 0 Å². The number of hydrogen-bond donors (Lipinski definition) is 0. The van der Waals surface area contributed by atoms with E-state index in [4.69, 9.17) is 5.10 Å². The first-order chi connectivity index (χ1) is 16.7. The SMILES string of the molecule is N#Cc1cccc(-c2cc(-c3ccccc3)n(CC(=O)N3CCN(c4ncccn4)CC3)n2)c1. The normalized spacial score (nSPS) is 13.5. The summed E-state index contributed by atoms with van der Waals surface area (Å²) in [6.45, 7) is 2.73. The standard InChI is InChI=1S/C26H23N7O/c27-18-20-6-4-9-22(16-20)23-17-24(21-7-2-1-3-8-21)33(30-23)19-25(34)31-12-14-32(15-13-31)26-28-10-5-11-29-26/h1-11,16-17H,12-15,19H2. The Morgan fingerprint density at radius 2 is 1.62 bits per heavy atom. The van der Waals surface area contributed by atoms with E-state index in [1.165, 1.54) is 0 Å². The molecule has 8 heteroatoms. The first kappa shape index (κ1) is 21.3. The van der Waals surface area contributed by atoms with E-state index in [0.717, 1.165) is 22.5 Å². The molecule has 0 spiro atoms. The molecular formula is C26H23N7O. The van der Waals surface area contributed by atoms with Crippen molar-refractivity contribution in [3.63, 3.8) is 0 Å². The summed E-state index contributed by atoms with van der Waals surface area (Å²) in [5, 5.41) is 14.0. The number of rotatable bonds is 5. The molecular weight excluding hydrogens is 426 g/mol. The second-order valence-electron chi connectivity index (χ2n) is 8.05. The molecule has 3 heterocycles. The second kappa shape index (κ2) is 9.55. The molecule has 5 rings (SSSR count). The van der Waals surface area contributed by atoms with Gasteiger partial charge in [0.2, 0.25) is 11.9 Å². The molecule has 2 aromatic carbocycles. The molecule has 1 aliphatic rings. The molecule has 1 saturated heterocycles. The highest BCUT2D eigenvalue weighted by Crippen LogP contribution is 2.27. The molecule has 4 aromatic rings. The van der Waals surface area contributed by atoms with E-state index < -0.39 is 0 Å². The third-order valence-electron chi connectivity index (χ3n) is 5.89. The molecule has 1 aliphatic heterocycles. The van der Waals surface area contributed by atoms with Gasteiger partial charge in [0.1, 0.15) is 6.54 Å². The van der Waals surface area contributed by atoms with Crippen molar-refractivity contribution in [3.8, 4) is 28.6 Å². The van der Waals surface area contributed by atoms with E-state index in [1.807, 2.05) is 59.5 Å². The van der Waals surface area contributed by atoms with Crippen LogP contribution in [0.15, 0.2) is 79.1 Å². The summed E-state index contributed by atoms with van der Waals surface area (Å²) in [4.78, 5) is 25.8. The summed E-state index contributed by atoms with van der Waals surface area (Å²) in [6, 6.07) is 23.2. The number of carbonyl (C=O) groups is 1. The van der Waals surface area contributed by atoms with E-state index in [9.17, 15) is 10.1 Å². The molecule has 0 saturated carbocycles. The Morgan fingerprint density at radius 3 is 2.35 bits per heavy atom. The van der Waals surface area contributed by atoms with Gasteiger partial charge in [-0.15, -0.1) is 0 Å². The quantitative estimate of drug-likeness (QED) is 0.465. The van der Waals surface area contributed by atoms with Gasteiger partial charge in [-0.05, 0) is 29.8 Å². The maximum absolute atomic E-state index is 13.2. The fourth-order valence-corrected chi connectivity index (χ4v) is 4.11. The molecule has 0 N–H and O–H groups in total. The molecule has 2 aromatic heterocycles. The fourth-order valence-electron chi connectivity index (χ4n) is 4.11. The zero-order valence-electron chi connectivity index (χ0n) is 18.6. The lowest BCUT2D eigenvalue weighted by molar-refractivity contribution is -0.132. The van der Waals surface area contributed by atoms with Crippen molar-refractivity contribution in [1.29, 1.82) is 5.26 Å². The summed E-state index contributed by atoms with van der Waals surface area (Å²) in [5.41, 5.74) is 4.00. The molecule has 0 atom stereocenters. The first-order valence-electron chi connectivity index (χ1n) is 11.1. The van der Waals surface area contributed by atoms with Gasteiger partial charge < -0.3 is 9.80 Å². The smallest absolute Gasteiger partial charge is 0.244 e.